The Labute approximate surface area is 168 Å². The molecular weight excluding hydrogens is 352 g/mol. The van der Waals surface area contributed by atoms with Crippen molar-refractivity contribution in [3.8, 4) is 0 Å². The van der Waals surface area contributed by atoms with Gasteiger partial charge >= 0.3 is 0 Å². The molecule has 0 fully saturated rings. The second kappa shape index (κ2) is 10.5. The van der Waals surface area contributed by atoms with Crippen molar-refractivity contribution >= 4 is 22.6 Å². The molecule has 0 aliphatic carbocycles. The van der Waals surface area contributed by atoms with Crippen LogP contribution < -0.4 is 0 Å². The Morgan fingerprint density at radius 3 is 2.26 bits per heavy atom. The van der Waals surface area contributed by atoms with Gasteiger partial charge in [0.1, 0.15) is 5.82 Å². The maximum absolute atomic E-state index is 6.39. The molecule has 2 nitrogen and oxygen atoms in total. The van der Waals surface area contributed by atoms with Crippen LogP contribution in [0, 0.1) is 0 Å². The molecule has 1 aromatic heterocycles. The molecule has 2 aromatic carbocycles. The fourth-order valence-electron chi connectivity index (χ4n) is 3.73. The first kappa shape index (κ1) is 19.9. The Kier molecular flexibility index (Phi) is 7.77. The lowest BCUT2D eigenvalue weighted by atomic mass is 10.1. The van der Waals surface area contributed by atoms with Crippen molar-refractivity contribution < 1.29 is 0 Å². The number of halogens is 1. The SMILES string of the molecule is CCCCCCCCCCn1c(Cc2ccccc2Cl)nc2ccccc21. The maximum Gasteiger partial charge on any atom is 0.114 e. The first-order chi connectivity index (χ1) is 13.3. The van der Waals surface area contributed by atoms with Crippen LogP contribution in [0.15, 0.2) is 48.5 Å². The molecule has 0 radical (unpaired) electrons. The average Bonchev–Trinajstić information content (AvgIpc) is 3.03. The second-order valence-corrected chi connectivity index (χ2v) is 7.82. The van der Waals surface area contributed by atoms with Gasteiger partial charge in [0.15, 0.2) is 0 Å². The molecule has 3 heteroatoms. The summed E-state index contributed by atoms with van der Waals surface area (Å²) in [6.07, 6.45) is 11.5. The van der Waals surface area contributed by atoms with Crippen molar-refractivity contribution in [2.24, 2.45) is 0 Å². The van der Waals surface area contributed by atoms with E-state index in [-0.39, 0.29) is 0 Å². The Balaban J connectivity index is 1.64. The third kappa shape index (κ3) is 5.59. The van der Waals surface area contributed by atoms with Crippen molar-refractivity contribution in [2.45, 2.75) is 71.3 Å². The van der Waals surface area contributed by atoms with Crippen LogP contribution in [0.1, 0.15) is 69.7 Å². The summed E-state index contributed by atoms with van der Waals surface area (Å²) in [6, 6.07) is 16.6. The lowest BCUT2D eigenvalue weighted by Gasteiger charge is -2.10. The number of hydrogen-bond acceptors (Lipinski definition) is 1. The van der Waals surface area contributed by atoms with Gasteiger partial charge in [-0.2, -0.15) is 0 Å². The van der Waals surface area contributed by atoms with Gasteiger partial charge in [-0.25, -0.2) is 4.98 Å². The smallest absolute Gasteiger partial charge is 0.114 e. The largest absolute Gasteiger partial charge is 0.328 e. The minimum absolute atomic E-state index is 0.783. The average molecular weight is 383 g/mol. The van der Waals surface area contributed by atoms with Crippen LogP contribution >= 0.6 is 11.6 Å². The number of hydrogen-bond donors (Lipinski definition) is 0. The topological polar surface area (TPSA) is 17.8 Å². The summed E-state index contributed by atoms with van der Waals surface area (Å²) in [6.45, 7) is 3.31. The molecule has 27 heavy (non-hydrogen) atoms. The summed E-state index contributed by atoms with van der Waals surface area (Å²) < 4.78 is 2.40. The van der Waals surface area contributed by atoms with E-state index in [4.69, 9.17) is 16.6 Å². The van der Waals surface area contributed by atoms with E-state index in [0.29, 0.717) is 0 Å². The van der Waals surface area contributed by atoms with Gasteiger partial charge in [-0.1, -0.05) is 93.8 Å². The van der Waals surface area contributed by atoms with E-state index in [1.54, 1.807) is 0 Å². The first-order valence-electron chi connectivity index (χ1n) is 10.5. The molecule has 3 rings (SSSR count). The normalized spacial score (nSPS) is 11.3. The number of aryl methyl sites for hydroxylation is 1. The van der Waals surface area contributed by atoms with E-state index < -0.39 is 0 Å². The van der Waals surface area contributed by atoms with Gasteiger partial charge in [0.2, 0.25) is 0 Å². The summed E-state index contributed by atoms with van der Waals surface area (Å²) in [4.78, 5) is 4.90. The van der Waals surface area contributed by atoms with Gasteiger partial charge in [-0.3, -0.25) is 0 Å². The number of rotatable bonds is 11. The van der Waals surface area contributed by atoms with Crippen molar-refractivity contribution in [3.63, 3.8) is 0 Å². The van der Waals surface area contributed by atoms with E-state index in [0.717, 1.165) is 34.9 Å². The molecule has 0 atom stereocenters. The molecule has 0 saturated heterocycles. The highest BCUT2D eigenvalue weighted by atomic mass is 35.5. The predicted molar refractivity (Wildman–Crippen MR) is 117 cm³/mol. The highest BCUT2D eigenvalue weighted by Crippen LogP contribution is 2.23. The third-order valence-electron chi connectivity index (χ3n) is 5.28. The molecule has 0 saturated carbocycles. The quantitative estimate of drug-likeness (QED) is 0.315. The molecule has 1 heterocycles. The standard InChI is InChI=1S/C24H31ClN2/c1-2-3-4-5-6-7-8-13-18-27-23-17-12-11-16-22(23)26-24(27)19-20-14-9-10-15-21(20)25/h9-12,14-17H,2-8,13,18-19H2,1H3. The number of para-hydroxylation sites is 2. The van der Waals surface area contributed by atoms with Gasteiger partial charge in [-0.15, -0.1) is 0 Å². The van der Waals surface area contributed by atoms with Crippen LogP contribution in [-0.2, 0) is 13.0 Å². The fraction of sp³-hybridized carbons (Fsp3) is 0.458. The van der Waals surface area contributed by atoms with Crippen molar-refractivity contribution in [2.75, 3.05) is 0 Å². The number of fused-ring (bicyclic) bond motifs is 1. The number of imidazole rings is 1. The van der Waals surface area contributed by atoms with Gasteiger partial charge in [0, 0.05) is 18.0 Å². The van der Waals surface area contributed by atoms with E-state index in [1.807, 2.05) is 18.2 Å². The molecule has 0 bridgehead atoms. The molecule has 144 valence electrons. The van der Waals surface area contributed by atoms with Crippen LogP contribution in [-0.4, -0.2) is 9.55 Å². The molecule has 0 spiro atoms. The van der Waals surface area contributed by atoms with Crippen LogP contribution in [0.3, 0.4) is 0 Å². The van der Waals surface area contributed by atoms with Gasteiger partial charge in [0.05, 0.1) is 11.0 Å². The second-order valence-electron chi connectivity index (χ2n) is 7.41. The Bertz CT molecular complexity index is 837. The summed E-state index contributed by atoms with van der Waals surface area (Å²) >= 11 is 6.39. The Morgan fingerprint density at radius 2 is 1.48 bits per heavy atom. The van der Waals surface area contributed by atoms with E-state index in [2.05, 4.69) is 41.8 Å². The van der Waals surface area contributed by atoms with Crippen molar-refractivity contribution in [1.29, 1.82) is 0 Å². The van der Waals surface area contributed by atoms with Gasteiger partial charge < -0.3 is 4.57 Å². The summed E-state index contributed by atoms with van der Waals surface area (Å²) in [7, 11) is 0. The molecular formula is C24H31ClN2. The van der Waals surface area contributed by atoms with Gasteiger partial charge in [0.25, 0.3) is 0 Å². The summed E-state index contributed by atoms with van der Waals surface area (Å²) in [5, 5.41) is 0.822. The fourth-order valence-corrected chi connectivity index (χ4v) is 3.93. The molecule has 0 N–H and O–H groups in total. The monoisotopic (exact) mass is 382 g/mol. The zero-order chi connectivity index (χ0) is 18.9. The molecule has 0 amide bonds. The molecule has 0 aliphatic heterocycles. The minimum Gasteiger partial charge on any atom is -0.328 e. The van der Waals surface area contributed by atoms with Gasteiger partial charge in [-0.05, 0) is 30.2 Å². The number of benzene rings is 2. The van der Waals surface area contributed by atoms with Crippen LogP contribution in [0.5, 0.6) is 0 Å². The minimum atomic E-state index is 0.783. The first-order valence-corrected chi connectivity index (χ1v) is 10.8. The molecule has 0 unspecified atom stereocenters. The predicted octanol–water partition coefficient (Wildman–Crippen LogP) is 7.42. The van der Waals surface area contributed by atoms with E-state index in [1.165, 1.54) is 56.9 Å². The number of nitrogens with zero attached hydrogens (tertiary/aromatic N) is 2. The summed E-state index contributed by atoms with van der Waals surface area (Å²) in [5.41, 5.74) is 3.47. The summed E-state index contributed by atoms with van der Waals surface area (Å²) in [5.74, 6) is 1.12. The molecule has 3 aromatic rings. The van der Waals surface area contributed by atoms with Crippen molar-refractivity contribution in [3.05, 3.63) is 64.9 Å². The highest BCUT2D eigenvalue weighted by molar-refractivity contribution is 6.31. The number of aromatic nitrogens is 2. The maximum atomic E-state index is 6.39. The van der Waals surface area contributed by atoms with E-state index >= 15 is 0 Å². The Morgan fingerprint density at radius 1 is 0.815 bits per heavy atom. The lowest BCUT2D eigenvalue weighted by molar-refractivity contribution is 0.542. The van der Waals surface area contributed by atoms with Crippen LogP contribution in [0.2, 0.25) is 5.02 Å². The van der Waals surface area contributed by atoms with Crippen LogP contribution in [0.25, 0.3) is 11.0 Å². The van der Waals surface area contributed by atoms with Crippen LogP contribution in [0.4, 0.5) is 0 Å². The molecule has 0 aliphatic rings. The van der Waals surface area contributed by atoms with Crippen molar-refractivity contribution in [1.82, 2.24) is 9.55 Å². The number of unbranched alkanes of at least 4 members (excludes halogenated alkanes) is 7. The highest BCUT2D eigenvalue weighted by Gasteiger charge is 2.12. The van der Waals surface area contributed by atoms with E-state index in [9.17, 15) is 0 Å². The zero-order valence-corrected chi connectivity index (χ0v) is 17.2. The Hall–Kier alpha value is -1.80. The lowest BCUT2D eigenvalue weighted by Crippen LogP contribution is -2.05. The zero-order valence-electron chi connectivity index (χ0n) is 16.5. The third-order valence-corrected chi connectivity index (χ3v) is 5.64.